The fraction of sp³-hybridized carbons (Fsp3) is 0.300. The van der Waals surface area contributed by atoms with E-state index in [-0.39, 0.29) is 17.7 Å². The summed E-state index contributed by atoms with van der Waals surface area (Å²) in [6.45, 7) is 4.53. The second-order valence-electron chi connectivity index (χ2n) is 12.9. The maximum absolute atomic E-state index is 12.5. The number of fused-ring (bicyclic) bond motifs is 1. The first-order chi connectivity index (χ1) is 27.8. The van der Waals surface area contributed by atoms with E-state index < -0.39 is 18.2 Å². The molecule has 0 bridgehead atoms. The average Bonchev–Trinajstić information content (AvgIpc) is 4.08. The number of amides is 4. The molecule has 0 saturated carbocycles. The van der Waals surface area contributed by atoms with Crippen LogP contribution in [0.1, 0.15) is 66.5 Å². The van der Waals surface area contributed by atoms with Crippen molar-refractivity contribution in [2.75, 3.05) is 33.3 Å². The van der Waals surface area contributed by atoms with E-state index in [1.807, 2.05) is 65.6 Å². The van der Waals surface area contributed by atoms with Crippen LogP contribution in [-0.4, -0.2) is 96.8 Å². The van der Waals surface area contributed by atoms with Crippen molar-refractivity contribution in [3.8, 4) is 22.5 Å². The highest BCUT2D eigenvalue weighted by molar-refractivity contribution is 7.28. The summed E-state index contributed by atoms with van der Waals surface area (Å²) < 4.78 is 4.59. The molecule has 294 valence electrons. The molecule has 0 spiro atoms. The van der Waals surface area contributed by atoms with Crippen molar-refractivity contribution in [2.45, 2.75) is 44.7 Å². The van der Waals surface area contributed by atoms with Gasteiger partial charge in [0.15, 0.2) is 14.7 Å². The van der Waals surface area contributed by atoms with Crippen LogP contribution in [0.4, 0.5) is 4.79 Å². The molecule has 6 aromatic rings. The summed E-state index contributed by atoms with van der Waals surface area (Å²) in [5.41, 5.74) is 3.29. The molecule has 2 atom stereocenters. The lowest BCUT2D eigenvalue weighted by Gasteiger charge is -2.23. The van der Waals surface area contributed by atoms with Gasteiger partial charge in [0.25, 0.3) is 0 Å². The molecule has 4 N–H and O–H groups in total. The minimum Gasteiger partial charge on any atom is -0.453 e. The third-order valence-electron chi connectivity index (χ3n) is 8.90. The number of ether oxygens (including phenoxy) is 1. The van der Waals surface area contributed by atoms with Crippen molar-refractivity contribution >= 4 is 56.1 Å². The Balaban J connectivity index is 0.000000145. The molecule has 2 unspecified atom stereocenters. The van der Waals surface area contributed by atoms with Gasteiger partial charge in [0.05, 0.1) is 37.9 Å². The first-order valence-electron chi connectivity index (χ1n) is 18.3. The molecule has 2 aliphatic heterocycles. The number of thiazole rings is 2. The number of aromatic nitrogens is 6. The third kappa shape index (κ3) is 11.1. The molecule has 0 aliphatic carbocycles. The van der Waals surface area contributed by atoms with E-state index in [9.17, 15) is 19.2 Å². The number of carbonyl (C=O) groups is 4. The summed E-state index contributed by atoms with van der Waals surface area (Å²) in [4.78, 5) is 75.8. The van der Waals surface area contributed by atoms with Crippen LogP contribution in [0, 0.1) is 11.8 Å². The van der Waals surface area contributed by atoms with E-state index in [1.54, 1.807) is 29.9 Å². The molecule has 4 aromatic heterocycles. The molecule has 17 heteroatoms. The van der Waals surface area contributed by atoms with Gasteiger partial charge < -0.3 is 35.1 Å². The fourth-order valence-corrected chi connectivity index (χ4v) is 7.98. The smallest absolute Gasteiger partial charge is 0.407 e. The summed E-state index contributed by atoms with van der Waals surface area (Å²) in [6, 6.07) is 17.4. The molecule has 15 nitrogen and oxygen atoms in total. The molecule has 0 radical (unpaired) electrons. The number of imidazole rings is 2. The minimum absolute atomic E-state index is 0.00565. The Morgan fingerprint density at radius 3 is 1.75 bits per heavy atom. The fourth-order valence-electron chi connectivity index (χ4n) is 6.11. The third-order valence-corrected chi connectivity index (χ3v) is 10.9. The predicted octanol–water partition coefficient (Wildman–Crippen LogP) is 5.46. The van der Waals surface area contributed by atoms with Gasteiger partial charge in [-0.15, -0.1) is 0 Å². The summed E-state index contributed by atoms with van der Waals surface area (Å²) in [6.07, 6.45) is 10.2. The van der Waals surface area contributed by atoms with Gasteiger partial charge in [-0.1, -0.05) is 83.3 Å². The van der Waals surface area contributed by atoms with Gasteiger partial charge in [-0.3, -0.25) is 14.4 Å². The van der Waals surface area contributed by atoms with E-state index in [1.165, 1.54) is 36.7 Å². The van der Waals surface area contributed by atoms with Crippen molar-refractivity contribution in [3.05, 3.63) is 108 Å². The second-order valence-corrected chi connectivity index (χ2v) is 14.9. The highest BCUT2D eigenvalue weighted by Gasteiger charge is 2.30. The minimum atomic E-state index is -0.674. The van der Waals surface area contributed by atoms with Crippen molar-refractivity contribution in [1.29, 1.82) is 0 Å². The maximum Gasteiger partial charge on any atom is 0.407 e. The largest absolute Gasteiger partial charge is 0.453 e. The Kier molecular flexibility index (Phi) is 14.1. The Morgan fingerprint density at radius 2 is 1.26 bits per heavy atom. The van der Waals surface area contributed by atoms with Crippen LogP contribution in [0.15, 0.2) is 85.7 Å². The summed E-state index contributed by atoms with van der Waals surface area (Å²) in [5.74, 6) is 5.72. The lowest BCUT2D eigenvalue weighted by atomic mass is 10.1. The van der Waals surface area contributed by atoms with Crippen LogP contribution in [0.25, 0.3) is 20.4 Å². The van der Waals surface area contributed by atoms with Crippen molar-refractivity contribution in [3.63, 3.8) is 0 Å². The first-order valence-corrected chi connectivity index (χ1v) is 20.0. The Hall–Kier alpha value is -6.38. The number of hydrogen-bond donors (Lipinski definition) is 4. The van der Waals surface area contributed by atoms with Crippen LogP contribution in [0.2, 0.25) is 0 Å². The summed E-state index contributed by atoms with van der Waals surface area (Å²) in [7, 11) is 1.29. The van der Waals surface area contributed by atoms with Crippen LogP contribution in [-0.2, 0) is 19.1 Å². The number of likely N-dealkylation sites (tertiary alicyclic amines) is 2. The van der Waals surface area contributed by atoms with Crippen LogP contribution in [0.3, 0.4) is 0 Å². The number of hydrogen-bond acceptors (Lipinski definition) is 11. The molecule has 57 heavy (non-hydrogen) atoms. The maximum atomic E-state index is 12.5. The van der Waals surface area contributed by atoms with E-state index >= 15 is 0 Å². The molecule has 6 heterocycles. The number of benzene rings is 2. The molecule has 2 aliphatic rings. The SMILES string of the molecule is C(#Cc1nc2sc(-c3cnc[nH]3)nc2s1)c1cnc[nH]1.CC(=O)NC(C(=O)N1CCCC1)c1ccccc1.COC(=O)NC(C(=O)N1CCCC1)c1ccccc1. The average molecular weight is 807 g/mol. The Bertz CT molecular complexity index is 2240. The first kappa shape index (κ1) is 40.3. The lowest BCUT2D eigenvalue weighted by molar-refractivity contribution is -0.135. The van der Waals surface area contributed by atoms with Gasteiger partial charge in [-0.05, 0) is 48.7 Å². The van der Waals surface area contributed by atoms with Crippen molar-refractivity contribution < 1.29 is 23.9 Å². The van der Waals surface area contributed by atoms with Crippen LogP contribution >= 0.6 is 22.7 Å². The quantitative estimate of drug-likeness (QED) is 0.152. The normalized spacial score (nSPS) is 14.2. The van der Waals surface area contributed by atoms with Gasteiger partial charge in [-0.2, -0.15) is 0 Å². The number of rotatable bonds is 7. The zero-order valence-corrected chi connectivity index (χ0v) is 33.1. The highest BCUT2D eigenvalue weighted by atomic mass is 32.1. The molecule has 2 fully saturated rings. The molecule has 2 saturated heterocycles. The number of carbonyl (C=O) groups excluding carboxylic acids is 4. The van der Waals surface area contributed by atoms with Crippen LogP contribution < -0.4 is 10.6 Å². The van der Waals surface area contributed by atoms with Gasteiger partial charge in [-0.25, -0.2) is 24.7 Å². The zero-order valence-electron chi connectivity index (χ0n) is 31.4. The summed E-state index contributed by atoms with van der Waals surface area (Å²) in [5, 5.41) is 7.00. The monoisotopic (exact) mass is 806 g/mol. The topological polar surface area (TPSA) is 191 Å². The predicted molar refractivity (Wildman–Crippen MR) is 217 cm³/mol. The van der Waals surface area contributed by atoms with Crippen molar-refractivity contribution in [1.82, 2.24) is 50.3 Å². The van der Waals surface area contributed by atoms with Gasteiger partial charge in [0.2, 0.25) is 17.7 Å². The Morgan fingerprint density at radius 1 is 0.719 bits per heavy atom. The van der Waals surface area contributed by atoms with Gasteiger partial charge in [0, 0.05) is 33.1 Å². The molecule has 4 amide bonds. The number of nitrogens with one attached hydrogen (secondary N) is 4. The highest BCUT2D eigenvalue weighted by Crippen LogP contribution is 2.31. The standard InChI is InChI=1S/C14H18N2O3.C14H18N2O2.C12H6N6S2/c1-19-14(18)15-12(11-7-3-2-4-8-11)13(17)16-9-5-6-10-16;1-11(17)15-13(12-7-3-2-4-8-12)14(18)16-9-5-6-10-16;1(7-3-13-5-15-7)2-9-17-11-12(19-9)18-10(20-11)8-4-14-6-16-8/h2-4,7-8,12H,5-6,9-10H2,1H3,(H,15,18);2-4,7-8,13H,5-6,9-10H2,1H3,(H,15,17);3-6H,(H,13,15)(H,14,16). The van der Waals surface area contributed by atoms with Gasteiger partial charge in [0.1, 0.15) is 22.8 Å². The van der Waals surface area contributed by atoms with E-state index in [0.717, 1.165) is 94.1 Å². The molecule has 2 aromatic carbocycles. The number of methoxy groups -OCH3 is 1. The Labute approximate surface area is 337 Å². The number of alkyl carbamates (subject to hydrolysis) is 1. The lowest BCUT2D eigenvalue weighted by Crippen LogP contribution is -2.41. The number of nitrogens with zero attached hydrogens (tertiary/aromatic N) is 6. The van der Waals surface area contributed by atoms with E-state index in [4.69, 9.17) is 0 Å². The second kappa shape index (κ2) is 20.0. The van der Waals surface area contributed by atoms with Crippen LogP contribution in [0.5, 0.6) is 0 Å². The molecule has 8 rings (SSSR count). The molecular formula is C40H42N10O5S2. The van der Waals surface area contributed by atoms with E-state index in [2.05, 4.69) is 57.1 Å². The van der Waals surface area contributed by atoms with E-state index in [0.29, 0.717) is 0 Å². The van der Waals surface area contributed by atoms with Crippen molar-refractivity contribution in [2.24, 2.45) is 0 Å². The number of aromatic amines is 2. The number of H-pyrrole nitrogens is 2. The molecular weight excluding hydrogens is 765 g/mol. The zero-order chi connectivity index (χ0) is 40.0. The van der Waals surface area contributed by atoms with Gasteiger partial charge >= 0.3 is 6.09 Å². The summed E-state index contributed by atoms with van der Waals surface area (Å²) >= 11 is 3.01.